The second-order valence-electron chi connectivity index (χ2n) is 8.11. The van der Waals surface area contributed by atoms with Gasteiger partial charge in [-0.25, -0.2) is 9.97 Å². The molecule has 2 aromatic heterocycles. The lowest BCUT2D eigenvalue weighted by atomic mass is 9.97. The number of alkyl halides is 3. The molecular formula is C22H24F3N4OP. The van der Waals surface area contributed by atoms with E-state index in [4.69, 9.17) is 0 Å². The number of halogens is 3. The molecule has 1 fully saturated rings. The molecule has 1 aliphatic rings. The average molecular weight is 448 g/mol. The maximum atomic E-state index is 13.3. The first-order chi connectivity index (χ1) is 14.6. The Kier molecular flexibility index (Phi) is 5.54. The van der Waals surface area contributed by atoms with Gasteiger partial charge in [-0.05, 0) is 56.9 Å². The number of nitrogens with one attached hydrogen (secondary N) is 1. The number of fused-ring (bicyclic) bond motifs is 1. The van der Waals surface area contributed by atoms with Crippen molar-refractivity contribution in [2.75, 3.05) is 17.6 Å². The van der Waals surface area contributed by atoms with E-state index in [0.717, 1.165) is 18.9 Å². The molecule has 4 rings (SSSR count). The number of aromatic nitrogens is 3. The molecule has 5 nitrogen and oxygen atoms in total. The van der Waals surface area contributed by atoms with Gasteiger partial charge < -0.3 is 9.88 Å². The summed E-state index contributed by atoms with van der Waals surface area (Å²) >= 11 is 0. The lowest BCUT2D eigenvalue weighted by Crippen LogP contribution is -2.16. The topological polar surface area (TPSA) is 67.8 Å². The zero-order valence-electron chi connectivity index (χ0n) is 17.6. The molecule has 1 saturated heterocycles. The number of anilines is 1. The molecule has 1 aromatic carbocycles. The molecule has 0 radical (unpaired) electrons. The highest BCUT2D eigenvalue weighted by molar-refractivity contribution is 7.71. The third kappa shape index (κ3) is 4.18. The second kappa shape index (κ2) is 7.90. The van der Waals surface area contributed by atoms with E-state index in [9.17, 15) is 17.7 Å². The number of pyridine rings is 1. The molecule has 1 atom stereocenters. The number of hydrogen-bond acceptors (Lipinski definition) is 5. The van der Waals surface area contributed by atoms with Crippen molar-refractivity contribution in [3.63, 3.8) is 0 Å². The second-order valence-corrected chi connectivity index (χ2v) is 11.2. The molecule has 0 unspecified atom stereocenters. The molecular weight excluding hydrogens is 424 g/mol. The van der Waals surface area contributed by atoms with Crippen LogP contribution in [0, 0.1) is 13.8 Å². The van der Waals surface area contributed by atoms with Crippen LogP contribution in [0.15, 0.2) is 30.5 Å². The number of rotatable bonds is 4. The average Bonchev–Trinajstić information content (AvgIpc) is 3.14. The molecule has 0 bridgehead atoms. The quantitative estimate of drug-likeness (QED) is 0.525. The largest absolute Gasteiger partial charge is 0.416 e. The van der Waals surface area contributed by atoms with Crippen LogP contribution in [0.3, 0.4) is 0 Å². The van der Waals surface area contributed by atoms with E-state index in [0.29, 0.717) is 45.9 Å². The van der Waals surface area contributed by atoms with Crippen molar-refractivity contribution < 1.29 is 17.7 Å². The molecule has 3 aromatic rings. The first kappa shape index (κ1) is 21.8. The van der Waals surface area contributed by atoms with Crippen molar-refractivity contribution in [3.8, 4) is 0 Å². The van der Waals surface area contributed by atoms with Crippen LogP contribution in [0.2, 0.25) is 0 Å². The van der Waals surface area contributed by atoms with Gasteiger partial charge in [-0.1, -0.05) is 12.1 Å². The van der Waals surface area contributed by atoms with E-state index in [-0.39, 0.29) is 5.56 Å². The lowest BCUT2D eigenvalue weighted by Gasteiger charge is -2.21. The Morgan fingerprint density at radius 2 is 1.84 bits per heavy atom. The zero-order chi connectivity index (χ0) is 22.4. The standard InChI is InChI=1S/C22H24F3N4OP/c1-13-16(7-6-8-18(13)22(23,24)25)14(2)27-21-17-11-20(31(30)9-4-5-10-31)26-12-19(17)28-15(3)29-21/h6-8,11-12,14H,4-5,9-10H2,1-3H3,(H,27,28,29)/t14-/m1/s1. The van der Waals surface area contributed by atoms with Gasteiger partial charge in [-0.3, -0.25) is 4.98 Å². The summed E-state index contributed by atoms with van der Waals surface area (Å²) in [5.41, 5.74) is 1.27. The van der Waals surface area contributed by atoms with Crippen molar-refractivity contribution >= 4 is 29.3 Å². The minimum absolute atomic E-state index is 0.183. The minimum Gasteiger partial charge on any atom is -0.363 e. The van der Waals surface area contributed by atoms with Gasteiger partial charge in [0.05, 0.1) is 23.3 Å². The van der Waals surface area contributed by atoms with E-state index < -0.39 is 24.9 Å². The van der Waals surface area contributed by atoms with E-state index in [2.05, 4.69) is 20.3 Å². The van der Waals surface area contributed by atoms with Gasteiger partial charge in [-0.15, -0.1) is 0 Å². The molecule has 3 heterocycles. The van der Waals surface area contributed by atoms with Crippen molar-refractivity contribution in [1.82, 2.24) is 15.0 Å². The van der Waals surface area contributed by atoms with Crippen LogP contribution in [-0.2, 0) is 10.7 Å². The normalized spacial score (nSPS) is 17.1. The predicted molar refractivity (Wildman–Crippen MR) is 116 cm³/mol. The van der Waals surface area contributed by atoms with Crippen LogP contribution in [0.4, 0.5) is 19.0 Å². The third-order valence-electron chi connectivity index (χ3n) is 5.89. The fourth-order valence-corrected chi connectivity index (χ4v) is 7.04. The van der Waals surface area contributed by atoms with Crippen LogP contribution in [0.25, 0.3) is 10.9 Å². The van der Waals surface area contributed by atoms with E-state index in [1.165, 1.54) is 13.0 Å². The Morgan fingerprint density at radius 1 is 1.13 bits per heavy atom. The third-order valence-corrected chi connectivity index (χ3v) is 9.04. The summed E-state index contributed by atoms with van der Waals surface area (Å²) in [7, 11) is -2.50. The number of benzene rings is 1. The van der Waals surface area contributed by atoms with Crippen molar-refractivity contribution in [2.45, 2.75) is 45.8 Å². The van der Waals surface area contributed by atoms with Gasteiger partial charge in [0.25, 0.3) is 0 Å². The van der Waals surface area contributed by atoms with E-state index in [1.807, 2.05) is 0 Å². The fraction of sp³-hybridized carbons (Fsp3) is 0.409. The number of hydrogen-bond donors (Lipinski definition) is 1. The first-order valence-corrected chi connectivity index (χ1v) is 12.3. The van der Waals surface area contributed by atoms with Crippen molar-refractivity contribution in [1.29, 1.82) is 0 Å². The van der Waals surface area contributed by atoms with Crippen LogP contribution < -0.4 is 10.8 Å². The molecule has 0 aliphatic carbocycles. The van der Waals surface area contributed by atoms with Gasteiger partial charge in [0, 0.05) is 17.7 Å². The van der Waals surface area contributed by atoms with Gasteiger partial charge in [0.2, 0.25) is 0 Å². The SMILES string of the molecule is Cc1nc(N[C@H](C)c2cccc(C(F)(F)F)c2C)c2cc(P3(=O)CCCC3)ncc2n1. The highest BCUT2D eigenvalue weighted by atomic mass is 31.2. The van der Waals surface area contributed by atoms with Crippen LogP contribution in [0.1, 0.15) is 48.3 Å². The van der Waals surface area contributed by atoms with Gasteiger partial charge >= 0.3 is 6.18 Å². The summed E-state index contributed by atoms with van der Waals surface area (Å²) in [6.07, 6.45) is 0.368. The molecule has 1 N–H and O–H groups in total. The minimum atomic E-state index is -4.41. The van der Waals surface area contributed by atoms with Gasteiger partial charge in [0.1, 0.15) is 24.2 Å². The summed E-state index contributed by atoms with van der Waals surface area (Å²) in [5, 5.41) is 3.93. The maximum Gasteiger partial charge on any atom is 0.416 e. The summed E-state index contributed by atoms with van der Waals surface area (Å²) in [6, 6.07) is 5.54. The summed E-state index contributed by atoms with van der Waals surface area (Å²) < 4.78 is 53.2. The molecule has 9 heteroatoms. The Labute approximate surface area is 178 Å². The van der Waals surface area contributed by atoms with Crippen LogP contribution >= 0.6 is 7.14 Å². The Morgan fingerprint density at radius 3 is 2.52 bits per heavy atom. The predicted octanol–water partition coefficient (Wildman–Crippen LogP) is 5.62. The van der Waals surface area contributed by atoms with Crippen molar-refractivity contribution in [2.24, 2.45) is 0 Å². The zero-order valence-corrected chi connectivity index (χ0v) is 18.5. The maximum absolute atomic E-state index is 13.3. The van der Waals surface area contributed by atoms with E-state index >= 15 is 0 Å². The molecule has 164 valence electrons. The lowest BCUT2D eigenvalue weighted by molar-refractivity contribution is -0.138. The monoisotopic (exact) mass is 448 g/mol. The van der Waals surface area contributed by atoms with Crippen LogP contribution in [0.5, 0.6) is 0 Å². The molecule has 1 aliphatic heterocycles. The van der Waals surface area contributed by atoms with Gasteiger partial charge in [-0.2, -0.15) is 13.2 Å². The Hall–Kier alpha value is -2.47. The molecule has 31 heavy (non-hydrogen) atoms. The van der Waals surface area contributed by atoms with Crippen LogP contribution in [-0.4, -0.2) is 27.3 Å². The summed E-state index contributed by atoms with van der Waals surface area (Å²) in [6.45, 7) is 5.03. The highest BCUT2D eigenvalue weighted by Crippen LogP contribution is 2.50. The summed E-state index contributed by atoms with van der Waals surface area (Å²) in [5.74, 6) is 1.02. The van der Waals surface area contributed by atoms with E-state index in [1.54, 1.807) is 32.2 Å². The number of nitrogens with zero attached hydrogens (tertiary/aromatic N) is 3. The van der Waals surface area contributed by atoms with Gasteiger partial charge in [0.15, 0.2) is 0 Å². The Balaban J connectivity index is 1.75. The smallest absolute Gasteiger partial charge is 0.363 e. The molecule has 0 amide bonds. The number of aryl methyl sites for hydroxylation is 1. The first-order valence-electron chi connectivity index (χ1n) is 10.2. The highest BCUT2D eigenvalue weighted by Gasteiger charge is 2.34. The van der Waals surface area contributed by atoms with Crippen molar-refractivity contribution in [3.05, 3.63) is 53.0 Å². The molecule has 0 spiro atoms. The fourth-order valence-electron chi connectivity index (χ4n) is 4.26. The molecule has 0 saturated carbocycles. The Bertz CT molecular complexity index is 1190. The summed E-state index contributed by atoms with van der Waals surface area (Å²) in [4.78, 5) is 13.3.